The first kappa shape index (κ1) is 22.1. The summed E-state index contributed by atoms with van der Waals surface area (Å²) in [6.07, 6.45) is 6.41. The maximum absolute atomic E-state index is 4.18. The Morgan fingerprint density at radius 1 is 0.474 bits per heavy atom. The van der Waals surface area contributed by atoms with Crippen molar-refractivity contribution < 1.29 is 0 Å². The predicted molar refractivity (Wildman–Crippen MR) is 163 cm³/mol. The van der Waals surface area contributed by atoms with Gasteiger partial charge < -0.3 is 9.13 Å². The minimum atomic E-state index is 1.09. The first-order chi connectivity index (χ1) is 18.8. The van der Waals surface area contributed by atoms with E-state index in [9.17, 15) is 0 Å². The standard InChI is InChI=1S/C36H26N2/c1-2-33-31(29-17-9-11-19-34(29)37(33)27-13-5-3-6-14-27)23-21-26-22-24-36-32(25-26)30-18-10-12-20-35(30)38(36)28-15-7-4-8-16-28/h2-25H,1H2. The van der Waals surface area contributed by atoms with Crippen LogP contribution in [-0.4, -0.2) is 9.13 Å². The maximum atomic E-state index is 4.18. The third-order valence-corrected chi connectivity index (χ3v) is 7.31. The first-order valence-electron chi connectivity index (χ1n) is 12.9. The van der Waals surface area contributed by atoms with Gasteiger partial charge in [-0.05, 0) is 60.2 Å². The monoisotopic (exact) mass is 486 g/mol. The summed E-state index contributed by atoms with van der Waals surface area (Å²) in [5.41, 5.74) is 9.34. The molecule has 0 saturated heterocycles. The van der Waals surface area contributed by atoms with E-state index in [4.69, 9.17) is 0 Å². The molecular formula is C36H26N2. The van der Waals surface area contributed by atoms with E-state index in [1.807, 2.05) is 6.08 Å². The molecule has 0 fully saturated rings. The summed E-state index contributed by atoms with van der Waals surface area (Å²) >= 11 is 0. The Kier molecular flexibility index (Phi) is 5.30. The molecule has 0 saturated carbocycles. The quantitative estimate of drug-likeness (QED) is 0.229. The summed E-state index contributed by atoms with van der Waals surface area (Å²) < 4.78 is 4.64. The van der Waals surface area contributed by atoms with Crippen LogP contribution in [-0.2, 0) is 0 Å². The molecule has 2 heterocycles. The molecule has 0 atom stereocenters. The number of fused-ring (bicyclic) bond motifs is 4. The van der Waals surface area contributed by atoms with Crippen molar-refractivity contribution in [1.29, 1.82) is 0 Å². The zero-order valence-corrected chi connectivity index (χ0v) is 21.0. The Balaban J connectivity index is 1.39. The van der Waals surface area contributed by atoms with Crippen molar-refractivity contribution in [3.05, 3.63) is 151 Å². The van der Waals surface area contributed by atoms with Crippen LogP contribution in [0.15, 0.2) is 134 Å². The Hall–Kier alpha value is -5.08. The van der Waals surface area contributed by atoms with Crippen LogP contribution in [0.3, 0.4) is 0 Å². The van der Waals surface area contributed by atoms with E-state index in [0.717, 1.165) is 11.4 Å². The van der Waals surface area contributed by atoms with Crippen LogP contribution in [0.25, 0.3) is 62.3 Å². The zero-order valence-electron chi connectivity index (χ0n) is 21.0. The number of aromatic nitrogens is 2. The lowest BCUT2D eigenvalue weighted by Crippen LogP contribution is -1.96. The number of rotatable bonds is 5. The summed E-state index contributed by atoms with van der Waals surface area (Å²) in [5, 5.41) is 3.72. The lowest BCUT2D eigenvalue weighted by atomic mass is 10.1. The fourth-order valence-electron chi connectivity index (χ4n) is 5.65. The van der Waals surface area contributed by atoms with Crippen LogP contribution in [0.1, 0.15) is 16.8 Å². The number of hydrogen-bond acceptors (Lipinski definition) is 0. The van der Waals surface area contributed by atoms with Crippen LogP contribution >= 0.6 is 0 Å². The second-order valence-electron chi connectivity index (χ2n) is 9.49. The fraction of sp³-hybridized carbons (Fsp3) is 0. The van der Waals surface area contributed by atoms with E-state index in [-0.39, 0.29) is 0 Å². The van der Waals surface area contributed by atoms with Crippen LogP contribution in [0.2, 0.25) is 0 Å². The van der Waals surface area contributed by atoms with Crippen molar-refractivity contribution in [3.63, 3.8) is 0 Å². The second kappa shape index (κ2) is 9.10. The van der Waals surface area contributed by atoms with Crippen molar-refractivity contribution in [2.45, 2.75) is 0 Å². The molecule has 0 N–H and O–H groups in total. The normalized spacial score (nSPS) is 11.7. The minimum Gasteiger partial charge on any atom is -0.309 e. The van der Waals surface area contributed by atoms with Gasteiger partial charge in [-0.25, -0.2) is 0 Å². The Bertz CT molecular complexity index is 1970. The van der Waals surface area contributed by atoms with Crippen molar-refractivity contribution in [3.8, 4) is 11.4 Å². The molecule has 0 bridgehead atoms. The van der Waals surface area contributed by atoms with Gasteiger partial charge in [0.2, 0.25) is 0 Å². The van der Waals surface area contributed by atoms with Gasteiger partial charge in [-0.1, -0.05) is 97.6 Å². The van der Waals surface area contributed by atoms with E-state index in [1.165, 1.54) is 49.5 Å². The molecular weight excluding hydrogens is 460 g/mol. The molecule has 2 heteroatoms. The average Bonchev–Trinajstić information content (AvgIpc) is 3.49. The van der Waals surface area contributed by atoms with Crippen LogP contribution < -0.4 is 0 Å². The number of nitrogens with zero attached hydrogens (tertiary/aromatic N) is 2. The predicted octanol–water partition coefficient (Wildman–Crippen LogP) is 9.54. The first-order valence-corrected chi connectivity index (χ1v) is 12.9. The zero-order chi connectivity index (χ0) is 25.5. The summed E-state index contributed by atoms with van der Waals surface area (Å²) in [4.78, 5) is 0. The molecule has 0 radical (unpaired) electrons. The lowest BCUT2D eigenvalue weighted by Gasteiger charge is -2.08. The summed E-state index contributed by atoms with van der Waals surface area (Å²) in [6.45, 7) is 4.18. The van der Waals surface area contributed by atoms with E-state index in [1.54, 1.807) is 0 Å². The molecule has 5 aromatic carbocycles. The molecule has 38 heavy (non-hydrogen) atoms. The fourth-order valence-corrected chi connectivity index (χ4v) is 5.65. The van der Waals surface area contributed by atoms with Gasteiger partial charge in [0.05, 0.1) is 22.2 Å². The molecule has 0 spiro atoms. The molecule has 2 nitrogen and oxygen atoms in total. The maximum Gasteiger partial charge on any atom is 0.0541 e. The Morgan fingerprint density at radius 3 is 1.71 bits per heavy atom. The van der Waals surface area contributed by atoms with E-state index in [2.05, 4.69) is 155 Å². The third kappa shape index (κ3) is 3.50. The second-order valence-corrected chi connectivity index (χ2v) is 9.49. The smallest absolute Gasteiger partial charge is 0.0541 e. The summed E-state index contributed by atoms with van der Waals surface area (Å²) in [7, 11) is 0. The molecule has 0 unspecified atom stereocenters. The van der Waals surface area contributed by atoms with Crippen molar-refractivity contribution >= 4 is 50.9 Å². The van der Waals surface area contributed by atoms with Crippen molar-refractivity contribution in [1.82, 2.24) is 9.13 Å². The summed E-state index contributed by atoms with van der Waals surface area (Å²) in [6, 6.07) is 45.0. The third-order valence-electron chi connectivity index (χ3n) is 7.31. The van der Waals surface area contributed by atoms with Gasteiger partial charge in [0.1, 0.15) is 0 Å². The minimum absolute atomic E-state index is 1.09. The SMILES string of the molecule is C=Cc1c(C=Cc2ccc3c(c2)c2ccccc2n3-c2ccccc2)c2ccccc2n1-c1ccccc1. The van der Waals surface area contributed by atoms with Gasteiger partial charge in [0.15, 0.2) is 0 Å². The van der Waals surface area contributed by atoms with Crippen LogP contribution in [0.5, 0.6) is 0 Å². The van der Waals surface area contributed by atoms with E-state index >= 15 is 0 Å². The number of para-hydroxylation sites is 4. The topological polar surface area (TPSA) is 9.86 Å². The molecule has 0 aliphatic rings. The van der Waals surface area contributed by atoms with E-state index in [0.29, 0.717) is 0 Å². The van der Waals surface area contributed by atoms with Gasteiger partial charge in [0, 0.05) is 33.1 Å². The van der Waals surface area contributed by atoms with Crippen LogP contribution in [0.4, 0.5) is 0 Å². The van der Waals surface area contributed by atoms with Crippen molar-refractivity contribution in [2.24, 2.45) is 0 Å². The molecule has 2 aromatic heterocycles. The largest absolute Gasteiger partial charge is 0.309 e. The molecule has 180 valence electrons. The number of hydrogen-bond donors (Lipinski definition) is 0. The Labute approximate surface area is 222 Å². The lowest BCUT2D eigenvalue weighted by molar-refractivity contribution is 1.11. The summed E-state index contributed by atoms with van der Waals surface area (Å²) in [5.74, 6) is 0. The highest BCUT2D eigenvalue weighted by Crippen LogP contribution is 2.34. The molecule has 0 aliphatic heterocycles. The van der Waals surface area contributed by atoms with Gasteiger partial charge >= 0.3 is 0 Å². The van der Waals surface area contributed by atoms with Gasteiger partial charge in [-0.15, -0.1) is 0 Å². The van der Waals surface area contributed by atoms with Gasteiger partial charge in [-0.3, -0.25) is 0 Å². The molecule has 0 aliphatic carbocycles. The Morgan fingerprint density at radius 2 is 1.03 bits per heavy atom. The highest BCUT2D eigenvalue weighted by atomic mass is 15.0. The molecule has 7 rings (SSSR count). The highest BCUT2D eigenvalue weighted by Gasteiger charge is 2.15. The molecule has 7 aromatic rings. The van der Waals surface area contributed by atoms with Crippen LogP contribution in [0, 0.1) is 0 Å². The molecule has 0 amide bonds. The van der Waals surface area contributed by atoms with Gasteiger partial charge in [0.25, 0.3) is 0 Å². The number of benzene rings is 5. The highest BCUT2D eigenvalue weighted by molar-refractivity contribution is 6.10. The van der Waals surface area contributed by atoms with Gasteiger partial charge in [-0.2, -0.15) is 0 Å². The van der Waals surface area contributed by atoms with Crippen molar-refractivity contribution in [2.75, 3.05) is 0 Å². The average molecular weight is 487 g/mol. The van der Waals surface area contributed by atoms with E-state index < -0.39 is 0 Å².